The van der Waals surface area contributed by atoms with Gasteiger partial charge in [-0.25, -0.2) is 4.79 Å². The van der Waals surface area contributed by atoms with E-state index >= 15 is 0 Å². The molecule has 0 saturated heterocycles. The molecule has 0 spiro atoms. The number of nitrogens with one attached hydrogen (secondary N) is 1. The summed E-state index contributed by atoms with van der Waals surface area (Å²) < 4.78 is 5.29. The molecule has 2 amide bonds. The molecule has 0 saturated carbocycles. The molecule has 1 N–H and O–H groups in total. The zero-order valence-corrected chi connectivity index (χ0v) is 21.0. The number of benzene rings is 1. The van der Waals surface area contributed by atoms with Crippen LogP contribution in [0, 0.1) is 0 Å². The highest BCUT2D eigenvalue weighted by atomic mass is 32.2. The first kappa shape index (κ1) is 27.0. The maximum atomic E-state index is 12.7. The van der Waals surface area contributed by atoms with E-state index in [1.807, 2.05) is 46.1 Å². The Labute approximate surface area is 191 Å². The van der Waals surface area contributed by atoms with E-state index in [2.05, 4.69) is 26.1 Å². The zero-order valence-electron chi connectivity index (χ0n) is 20.2. The number of hydrogen-bond donors (Lipinski definition) is 1. The minimum atomic E-state index is -0.804. The van der Waals surface area contributed by atoms with Crippen LogP contribution in [-0.4, -0.2) is 59.4 Å². The van der Waals surface area contributed by atoms with Crippen molar-refractivity contribution in [3.63, 3.8) is 0 Å². The SMILES string of the molecule is CSCCC(NC(=O)c1ccc(C(C)(C)C)cc1)C(=O)OCC(=O)N(C(C)C)C(C)C. The van der Waals surface area contributed by atoms with Crippen LogP contribution in [0.5, 0.6) is 0 Å². The smallest absolute Gasteiger partial charge is 0.329 e. The van der Waals surface area contributed by atoms with Crippen LogP contribution in [0.1, 0.15) is 70.8 Å². The molecule has 0 radical (unpaired) electrons. The zero-order chi connectivity index (χ0) is 23.8. The molecule has 0 aliphatic heterocycles. The Morgan fingerprint density at radius 2 is 1.58 bits per heavy atom. The van der Waals surface area contributed by atoms with Crippen LogP contribution in [0.4, 0.5) is 0 Å². The van der Waals surface area contributed by atoms with E-state index in [0.717, 1.165) is 5.56 Å². The number of ether oxygens (including phenoxy) is 1. The first-order valence-corrected chi connectivity index (χ1v) is 12.2. The summed E-state index contributed by atoms with van der Waals surface area (Å²) in [4.78, 5) is 39.5. The summed E-state index contributed by atoms with van der Waals surface area (Å²) >= 11 is 1.58. The number of rotatable bonds is 10. The Hall–Kier alpha value is -2.02. The van der Waals surface area contributed by atoms with Gasteiger partial charge in [0.15, 0.2) is 6.61 Å². The van der Waals surface area contributed by atoms with Crippen molar-refractivity contribution in [2.45, 2.75) is 78.4 Å². The Morgan fingerprint density at radius 3 is 2.03 bits per heavy atom. The van der Waals surface area contributed by atoms with E-state index in [1.54, 1.807) is 28.8 Å². The van der Waals surface area contributed by atoms with E-state index in [4.69, 9.17) is 4.74 Å². The van der Waals surface area contributed by atoms with Gasteiger partial charge in [0, 0.05) is 17.6 Å². The average Bonchev–Trinajstić information content (AvgIpc) is 2.67. The van der Waals surface area contributed by atoms with Crippen molar-refractivity contribution in [3.8, 4) is 0 Å². The normalized spacial score (nSPS) is 12.6. The highest BCUT2D eigenvalue weighted by molar-refractivity contribution is 7.98. The maximum Gasteiger partial charge on any atom is 0.329 e. The summed E-state index contributed by atoms with van der Waals surface area (Å²) in [5.41, 5.74) is 1.60. The lowest BCUT2D eigenvalue weighted by Gasteiger charge is -2.30. The van der Waals surface area contributed by atoms with Crippen molar-refractivity contribution in [2.75, 3.05) is 18.6 Å². The maximum absolute atomic E-state index is 12.7. The number of carbonyl (C=O) groups excluding carboxylic acids is 3. The molecule has 0 bridgehead atoms. The number of nitrogens with zero attached hydrogens (tertiary/aromatic N) is 1. The Bertz CT molecular complexity index is 731. The highest BCUT2D eigenvalue weighted by Gasteiger charge is 2.26. The van der Waals surface area contributed by atoms with Crippen LogP contribution in [-0.2, 0) is 19.7 Å². The Morgan fingerprint density at radius 1 is 1.03 bits per heavy atom. The molecule has 7 heteroatoms. The van der Waals surface area contributed by atoms with E-state index in [0.29, 0.717) is 17.7 Å². The van der Waals surface area contributed by atoms with Gasteiger partial charge < -0.3 is 15.0 Å². The minimum Gasteiger partial charge on any atom is -0.454 e. The van der Waals surface area contributed by atoms with E-state index in [1.165, 1.54) is 0 Å². The third kappa shape index (κ3) is 8.56. The predicted molar refractivity (Wildman–Crippen MR) is 127 cm³/mol. The third-order valence-electron chi connectivity index (χ3n) is 4.95. The van der Waals surface area contributed by atoms with E-state index < -0.39 is 12.0 Å². The van der Waals surface area contributed by atoms with E-state index in [-0.39, 0.29) is 35.9 Å². The molecule has 1 rings (SSSR count). The number of esters is 1. The van der Waals surface area contributed by atoms with Gasteiger partial charge in [0.25, 0.3) is 11.8 Å². The predicted octanol–water partition coefficient (Wildman–Crippen LogP) is 4.02. The summed E-state index contributed by atoms with van der Waals surface area (Å²) in [6.07, 6.45) is 2.36. The second-order valence-corrected chi connectivity index (χ2v) is 10.2. The van der Waals surface area contributed by atoms with Gasteiger partial charge in [-0.2, -0.15) is 11.8 Å². The Balaban J connectivity index is 2.82. The summed E-state index contributed by atoms with van der Waals surface area (Å²) in [5, 5.41) is 2.77. The first-order chi connectivity index (χ1) is 14.4. The van der Waals surface area contributed by atoms with Crippen molar-refractivity contribution in [1.82, 2.24) is 10.2 Å². The Kier molecular flexibility index (Phi) is 10.6. The monoisotopic (exact) mass is 450 g/mol. The number of amides is 2. The number of thioether (sulfide) groups is 1. The van der Waals surface area contributed by atoms with Gasteiger partial charge >= 0.3 is 5.97 Å². The first-order valence-electron chi connectivity index (χ1n) is 10.8. The molecule has 0 heterocycles. The van der Waals surface area contributed by atoms with Gasteiger partial charge in [-0.3, -0.25) is 9.59 Å². The van der Waals surface area contributed by atoms with Crippen LogP contribution < -0.4 is 5.32 Å². The molecule has 0 aliphatic carbocycles. The van der Waals surface area contributed by atoms with Gasteiger partial charge in [0.1, 0.15) is 6.04 Å². The average molecular weight is 451 g/mol. The molecule has 1 aromatic rings. The van der Waals surface area contributed by atoms with Crippen LogP contribution in [0.3, 0.4) is 0 Å². The summed E-state index contributed by atoms with van der Waals surface area (Å²) in [6, 6.07) is 6.59. The number of carbonyl (C=O) groups is 3. The molecule has 174 valence electrons. The lowest BCUT2D eigenvalue weighted by atomic mass is 9.86. The molecule has 31 heavy (non-hydrogen) atoms. The van der Waals surface area contributed by atoms with Gasteiger partial charge in [0.05, 0.1) is 0 Å². The van der Waals surface area contributed by atoms with Crippen molar-refractivity contribution in [2.24, 2.45) is 0 Å². The summed E-state index contributed by atoms with van der Waals surface area (Å²) in [7, 11) is 0. The van der Waals surface area contributed by atoms with Crippen LogP contribution in [0.15, 0.2) is 24.3 Å². The molecular weight excluding hydrogens is 412 g/mol. The van der Waals surface area contributed by atoms with Crippen molar-refractivity contribution < 1.29 is 19.1 Å². The van der Waals surface area contributed by atoms with Crippen LogP contribution >= 0.6 is 11.8 Å². The number of hydrogen-bond acceptors (Lipinski definition) is 5. The van der Waals surface area contributed by atoms with Crippen LogP contribution in [0.25, 0.3) is 0 Å². The minimum absolute atomic E-state index is 0.00785. The molecule has 1 unspecified atom stereocenters. The lowest BCUT2D eigenvalue weighted by Crippen LogP contribution is -2.46. The molecule has 6 nitrogen and oxygen atoms in total. The standard InChI is InChI=1S/C24H38N2O4S/c1-16(2)26(17(3)4)21(27)15-30-23(29)20(13-14-31-8)25-22(28)18-9-11-19(12-10-18)24(5,6)7/h9-12,16-17,20H,13-15H2,1-8H3,(H,25,28). The fourth-order valence-corrected chi connectivity index (χ4v) is 3.80. The fourth-order valence-electron chi connectivity index (χ4n) is 3.33. The van der Waals surface area contributed by atoms with Gasteiger partial charge in [0.2, 0.25) is 0 Å². The van der Waals surface area contributed by atoms with E-state index in [9.17, 15) is 14.4 Å². The molecule has 1 aromatic carbocycles. The van der Waals surface area contributed by atoms with Gasteiger partial charge in [-0.1, -0.05) is 32.9 Å². The lowest BCUT2D eigenvalue weighted by molar-refractivity contribution is -0.155. The topological polar surface area (TPSA) is 75.7 Å². The van der Waals surface area contributed by atoms with Crippen LogP contribution in [0.2, 0.25) is 0 Å². The second kappa shape index (κ2) is 12.1. The molecule has 0 aromatic heterocycles. The highest BCUT2D eigenvalue weighted by Crippen LogP contribution is 2.22. The molecule has 0 fully saturated rings. The van der Waals surface area contributed by atoms with Gasteiger partial charge in [-0.05, 0) is 69.2 Å². The van der Waals surface area contributed by atoms with Crippen molar-refractivity contribution >= 4 is 29.5 Å². The fraction of sp³-hybridized carbons (Fsp3) is 0.625. The summed E-state index contributed by atoms with van der Waals surface area (Å²) in [5.74, 6) is -0.484. The third-order valence-corrected chi connectivity index (χ3v) is 5.60. The van der Waals surface area contributed by atoms with Crippen molar-refractivity contribution in [1.29, 1.82) is 0 Å². The van der Waals surface area contributed by atoms with Crippen molar-refractivity contribution in [3.05, 3.63) is 35.4 Å². The molecule has 0 aliphatic rings. The molecule has 1 atom stereocenters. The van der Waals surface area contributed by atoms with Gasteiger partial charge in [-0.15, -0.1) is 0 Å². The summed E-state index contributed by atoms with van der Waals surface area (Å²) in [6.45, 7) is 13.7. The second-order valence-electron chi connectivity index (χ2n) is 9.23. The largest absolute Gasteiger partial charge is 0.454 e. The molecular formula is C24H38N2O4S. The quantitative estimate of drug-likeness (QED) is 0.545.